The molecule has 0 aromatic rings. The van der Waals surface area contributed by atoms with Crippen LogP contribution in [0.25, 0.3) is 0 Å². The van der Waals surface area contributed by atoms with Gasteiger partial charge in [0, 0.05) is 12.6 Å². The summed E-state index contributed by atoms with van der Waals surface area (Å²) in [4.78, 5) is 14.0. The number of likely N-dealkylation sites (tertiary alicyclic amines) is 1. The predicted molar refractivity (Wildman–Crippen MR) is 68.0 cm³/mol. The molecule has 1 saturated heterocycles. The van der Waals surface area contributed by atoms with Crippen molar-refractivity contribution in [1.29, 1.82) is 0 Å². The summed E-state index contributed by atoms with van der Waals surface area (Å²) in [5.41, 5.74) is -0.463. The summed E-state index contributed by atoms with van der Waals surface area (Å²) in [5.74, 6) is -0.583. The van der Waals surface area contributed by atoms with E-state index in [1.165, 1.54) is 32.1 Å². The lowest BCUT2D eigenvalue weighted by Gasteiger charge is -2.44. The summed E-state index contributed by atoms with van der Waals surface area (Å²) in [6, 6.07) is 0.661. The number of aliphatic carboxylic acids is 1. The predicted octanol–water partition coefficient (Wildman–Crippen LogP) is 2.90. The van der Waals surface area contributed by atoms with Crippen molar-refractivity contribution in [3.8, 4) is 0 Å². The third kappa shape index (κ3) is 2.65. The fourth-order valence-corrected chi connectivity index (χ4v) is 3.54. The van der Waals surface area contributed by atoms with Crippen molar-refractivity contribution in [2.75, 3.05) is 13.1 Å². The van der Waals surface area contributed by atoms with Crippen LogP contribution in [0.4, 0.5) is 0 Å². The van der Waals surface area contributed by atoms with Crippen LogP contribution in [0.3, 0.4) is 0 Å². The van der Waals surface area contributed by atoms with Crippen LogP contribution in [0.1, 0.15) is 58.3 Å². The van der Waals surface area contributed by atoms with Crippen LogP contribution in [-0.2, 0) is 4.79 Å². The maximum absolute atomic E-state index is 11.5. The van der Waals surface area contributed by atoms with Crippen molar-refractivity contribution in [3.63, 3.8) is 0 Å². The second-order valence-corrected chi connectivity index (χ2v) is 5.80. The lowest BCUT2D eigenvalue weighted by atomic mass is 9.76. The maximum Gasteiger partial charge on any atom is 0.310 e. The summed E-state index contributed by atoms with van der Waals surface area (Å²) in [6.45, 7) is 3.92. The number of carboxylic acid groups (broad SMARTS) is 1. The van der Waals surface area contributed by atoms with E-state index in [1.54, 1.807) is 0 Å². The molecule has 3 nitrogen and oxygen atoms in total. The minimum atomic E-state index is -0.583. The zero-order valence-electron chi connectivity index (χ0n) is 11.0. The van der Waals surface area contributed by atoms with E-state index in [0.717, 1.165) is 32.4 Å². The van der Waals surface area contributed by atoms with Crippen molar-refractivity contribution < 1.29 is 9.90 Å². The standard InChI is InChI=1S/C14H25NO2/c1-2-14(13(16)17)9-6-10-15(11-14)12-7-4-3-5-8-12/h12H,2-11H2,1H3,(H,16,17). The van der Waals surface area contributed by atoms with Gasteiger partial charge < -0.3 is 5.11 Å². The highest BCUT2D eigenvalue weighted by Gasteiger charge is 2.42. The topological polar surface area (TPSA) is 40.5 Å². The van der Waals surface area contributed by atoms with Crippen LogP contribution < -0.4 is 0 Å². The van der Waals surface area contributed by atoms with Crippen molar-refractivity contribution in [2.24, 2.45) is 5.41 Å². The molecule has 1 unspecified atom stereocenters. The molecule has 17 heavy (non-hydrogen) atoms. The van der Waals surface area contributed by atoms with Crippen LogP contribution in [0.5, 0.6) is 0 Å². The minimum absolute atomic E-state index is 0.463. The van der Waals surface area contributed by atoms with Gasteiger partial charge in [0.05, 0.1) is 5.41 Å². The number of hydrogen-bond acceptors (Lipinski definition) is 2. The molecule has 0 aromatic heterocycles. The Bertz CT molecular complexity index is 273. The van der Waals surface area contributed by atoms with Gasteiger partial charge in [-0.3, -0.25) is 9.69 Å². The molecule has 0 bridgehead atoms. The molecular formula is C14H25NO2. The average Bonchev–Trinajstić information content (AvgIpc) is 2.39. The molecule has 2 rings (SSSR count). The van der Waals surface area contributed by atoms with Crippen LogP contribution >= 0.6 is 0 Å². The Morgan fingerprint density at radius 3 is 2.59 bits per heavy atom. The van der Waals surface area contributed by atoms with Gasteiger partial charge in [0.25, 0.3) is 0 Å². The van der Waals surface area contributed by atoms with Gasteiger partial charge in [-0.25, -0.2) is 0 Å². The maximum atomic E-state index is 11.5. The largest absolute Gasteiger partial charge is 0.481 e. The molecule has 1 heterocycles. The molecule has 0 amide bonds. The lowest BCUT2D eigenvalue weighted by Crippen LogP contribution is -2.51. The first-order valence-corrected chi connectivity index (χ1v) is 7.15. The van der Waals surface area contributed by atoms with E-state index in [2.05, 4.69) is 4.90 Å². The van der Waals surface area contributed by atoms with Gasteiger partial charge in [-0.1, -0.05) is 26.2 Å². The van der Waals surface area contributed by atoms with Gasteiger partial charge in [-0.2, -0.15) is 0 Å². The molecule has 2 aliphatic rings. The normalized spacial score (nSPS) is 32.5. The van der Waals surface area contributed by atoms with Crippen LogP contribution in [0.15, 0.2) is 0 Å². The minimum Gasteiger partial charge on any atom is -0.481 e. The molecule has 3 heteroatoms. The molecule has 1 aliphatic carbocycles. The van der Waals surface area contributed by atoms with E-state index in [0.29, 0.717) is 6.04 Å². The lowest BCUT2D eigenvalue weighted by molar-refractivity contribution is -0.153. The van der Waals surface area contributed by atoms with E-state index >= 15 is 0 Å². The van der Waals surface area contributed by atoms with Gasteiger partial charge in [-0.15, -0.1) is 0 Å². The van der Waals surface area contributed by atoms with E-state index in [9.17, 15) is 9.90 Å². The molecular weight excluding hydrogens is 214 g/mol. The summed E-state index contributed by atoms with van der Waals surface area (Å²) in [5, 5.41) is 9.48. The Kier molecular flexibility index (Phi) is 4.08. The van der Waals surface area contributed by atoms with Crippen molar-refractivity contribution >= 4 is 5.97 Å². The van der Waals surface area contributed by atoms with Crippen molar-refractivity contribution in [2.45, 2.75) is 64.3 Å². The average molecular weight is 239 g/mol. The van der Waals surface area contributed by atoms with Gasteiger partial charge in [0.2, 0.25) is 0 Å². The molecule has 1 saturated carbocycles. The first-order valence-electron chi connectivity index (χ1n) is 7.15. The highest BCUT2D eigenvalue weighted by Crippen LogP contribution is 2.36. The van der Waals surface area contributed by atoms with Crippen LogP contribution in [0, 0.1) is 5.41 Å². The highest BCUT2D eigenvalue weighted by atomic mass is 16.4. The van der Waals surface area contributed by atoms with E-state index < -0.39 is 11.4 Å². The van der Waals surface area contributed by atoms with Crippen molar-refractivity contribution in [1.82, 2.24) is 4.90 Å². The molecule has 1 aliphatic heterocycles. The molecule has 98 valence electrons. The van der Waals surface area contributed by atoms with Gasteiger partial charge in [-0.05, 0) is 38.6 Å². The van der Waals surface area contributed by atoms with E-state index in [-0.39, 0.29) is 0 Å². The molecule has 2 fully saturated rings. The Balaban J connectivity index is 2.02. The smallest absolute Gasteiger partial charge is 0.310 e. The van der Waals surface area contributed by atoms with Gasteiger partial charge in [0.15, 0.2) is 0 Å². The Labute approximate surface area is 104 Å². The fourth-order valence-electron chi connectivity index (χ4n) is 3.54. The Morgan fingerprint density at radius 2 is 2.00 bits per heavy atom. The molecule has 0 aromatic carbocycles. The number of rotatable bonds is 3. The quantitative estimate of drug-likeness (QED) is 0.823. The van der Waals surface area contributed by atoms with E-state index in [1.807, 2.05) is 6.92 Å². The summed E-state index contributed by atoms with van der Waals surface area (Å²) >= 11 is 0. The van der Waals surface area contributed by atoms with E-state index in [4.69, 9.17) is 0 Å². The van der Waals surface area contributed by atoms with Crippen LogP contribution in [-0.4, -0.2) is 35.1 Å². The number of carboxylic acids is 1. The molecule has 0 spiro atoms. The SMILES string of the molecule is CCC1(C(=O)O)CCCN(C2CCCCC2)C1. The second-order valence-electron chi connectivity index (χ2n) is 5.80. The zero-order chi connectivity index (χ0) is 12.3. The third-order valence-corrected chi connectivity index (χ3v) is 4.83. The molecule has 1 N–H and O–H groups in total. The van der Waals surface area contributed by atoms with Gasteiger partial charge >= 0.3 is 5.97 Å². The molecule has 0 radical (unpaired) electrons. The fraction of sp³-hybridized carbons (Fsp3) is 0.929. The second kappa shape index (κ2) is 5.38. The van der Waals surface area contributed by atoms with Crippen molar-refractivity contribution in [3.05, 3.63) is 0 Å². The third-order valence-electron chi connectivity index (χ3n) is 4.83. The molecule has 1 atom stereocenters. The summed E-state index contributed by atoms with van der Waals surface area (Å²) < 4.78 is 0. The monoisotopic (exact) mass is 239 g/mol. The van der Waals surface area contributed by atoms with Crippen LogP contribution in [0.2, 0.25) is 0 Å². The first-order chi connectivity index (χ1) is 8.18. The Hall–Kier alpha value is -0.570. The summed E-state index contributed by atoms with van der Waals surface area (Å²) in [6.07, 6.45) is 9.26. The zero-order valence-corrected chi connectivity index (χ0v) is 11.0. The first kappa shape index (κ1) is 12.9. The number of piperidine rings is 1. The Morgan fingerprint density at radius 1 is 1.29 bits per heavy atom. The number of hydrogen-bond donors (Lipinski definition) is 1. The van der Waals surface area contributed by atoms with Gasteiger partial charge in [0.1, 0.15) is 0 Å². The number of nitrogens with zero attached hydrogens (tertiary/aromatic N) is 1. The number of carbonyl (C=O) groups is 1. The highest BCUT2D eigenvalue weighted by molar-refractivity contribution is 5.75. The summed E-state index contributed by atoms with van der Waals surface area (Å²) in [7, 11) is 0.